The maximum Gasteiger partial charge on any atom is 0.0830 e. The quantitative estimate of drug-likeness (QED) is 0.849. The van der Waals surface area contributed by atoms with Crippen molar-refractivity contribution in [2.45, 2.75) is 12.8 Å². The summed E-state index contributed by atoms with van der Waals surface area (Å²) in [6.45, 7) is 1.02. The second-order valence-electron chi connectivity index (χ2n) is 4.70. The molecule has 0 fully saturated rings. The van der Waals surface area contributed by atoms with Crippen molar-refractivity contribution >= 4 is 5.69 Å². The minimum Gasteiger partial charge on any atom is -0.385 e. The zero-order valence-electron chi connectivity index (χ0n) is 9.93. The molecule has 4 heteroatoms. The van der Waals surface area contributed by atoms with Crippen LogP contribution < -0.4 is 5.32 Å². The third kappa shape index (κ3) is 2.16. The van der Waals surface area contributed by atoms with E-state index < -0.39 is 0 Å². The van der Waals surface area contributed by atoms with Crippen molar-refractivity contribution in [1.82, 2.24) is 15.0 Å². The molecule has 0 radical (unpaired) electrons. The first kappa shape index (κ1) is 10.3. The van der Waals surface area contributed by atoms with Gasteiger partial charge in [-0.1, -0.05) is 23.4 Å². The molecule has 88 valence electrons. The van der Waals surface area contributed by atoms with Gasteiger partial charge in [0.1, 0.15) is 0 Å². The number of benzene rings is 1. The number of hydrogen-bond donors (Lipinski definition) is 1. The molecule has 1 aliphatic rings. The van der Waals surface area contributed by atoms with Crippen molar-refractivity contribution in [3.8, 4) is 0 Å². The van der Waals surface area contributed by atoms with E-state index in [9.17, 15) is 0 Å². The fourth-order valence-corrected chi connectivity index (χ4v) is 2.44. The number of fused-ring (bicyclic) bond motifs is 1. The largest absolute Gasteiger partial charge is 0.385 e. The lowest BCUT2D eigenvalue weighted by molar-refractivity contribution is 0.528. The van der Waals surface area contributed by atoms with Crippen LogP contribution in [0.1, 0.15) is 11.3 Å². The summed E-state index contributed by atoms with van der Waals surface area (Å²) >= 11 is 0. The predicted molar refractivity (Wildman–Crippen MR) is 66.8 cm³/mol. The summed E-state index contributed by atoms with van der Waals surface area (Å²) in [6, 6.07) is 8.53. The topological polar surface area (TPSA) is 42.7 Å². The van der Waals surface area contributed by atoms with Crippen molar-refractivity contribution < 1.29 is 0 Å². The van der Waals surface area contributed by atoms with E-state index in [2.05, 4.69) is 39.9 Å². The molecule has 17 heavy (non-hydrogen) atoms. The maximum absolute atomic E-state index is 4.15. The van der Waals surface area contributed by atoms with Gasteiger partial charge in [-0.25, -0.2) is 0 Å². The average Bonchev–Trinajstić information content (AvgIpc) is 2.75. The first-order chi connectivity index (χ1) is 8.31. The fraction of sp³-hybridized carbons (Fsp3) is 0.385. The minimum absolute atomic E-state index is 0.613. The molecule has 1 aliphatic heterocycles. The highest BCUT2D eigenvalue weighted by Crippen LogP contribution is 2.25. The Morgan fingerprint density at radius 3 is 3.12 bits per heavy atom. The summed E-state index contributed by atoms with van der Waals surface area (Å²) in [5.74, 6) is 0.613. The Hall–Kier alpha value is -1.84. The van der Waals surface area contributed by atoms with E-state index in [1.54, 1.807) is 4.68 Å². The standard InChI is InChI=1S/C13H16N4/c1-17-9-12(15-16-17)7-10-6-11-4-2-3-5-13(11)14-8-10/h2-5,9-10,14H,6-8H2,1H3. The zero-order chi connectivity index (χ0) is 11.7. The van der Waals surface area contributed by atoms with Crippen LogP contribution in [-0.2, 0) is 19.9 Å². The zero-order valence-corrected chi connectivity index (χ0v) is 9.93. The molecule has 1 aromatic heterocycles. The van der Waals surface area contributed by atoms with Crippen LogP contribution in [0.25, 0.3) is 0 Å². The SMILES string of the molecule is Cn1cc(CC2CNc3ccccc3C2)nn1. The molecular weight excluding hydrogens is 212 g/mol. The van der Waals surface area contributed by atoms with E-state index in [-0.39, 0.29) is 0 Å². The Morgan fingerprint density at radius 2 is 2.29 bits per heavy atom. The van der Waals surface area contributed by atoms with Crippen LogP contribution >= 0.6 is 0 Å². The van der Waals surface area contributed by atoms with Crippen molar-refractivity contribution in [3.63, 3.8) is 0 Å². The lowest BCUT2D eigenvalue weighted by Crippen LogP contribution is -2.24. The van der Waals surface area contributed by atoms with Gasteiger partial charge < -0.3 is 5.32 Å². The summed E-state index contributed by atoms with van der Waals surface area (Å²) in [4.78, 5) is 0. The van der Waals surface area contributed by atoms with Crippen LogP contribution in [0.2, 0.25) is 0 Å². The molecule has 0 bridgehead atoms. The summed E-state index contributed by atoms with van der Waals surface area (Å²) < 4.78 is 1.76. The molecular formula is C13H16N4. The second kappa shape index (κ2) is 4.20. The number of anilines is 1. The third-order valence-corrected chi connectivity index (χ3v) is 3.26. The van der Waals surface area contributed by atoms with Crippen molar-refractivity contribution in [1.29, 1.82) is 0 Å². The van der Waals surface area contributed by atoms with Gasteiger partial charge >= 0.3 is 0 Å². The Bertz CT molecular complexity index is 518. The molecule has 0 aliphatic carbocycles. The number of nitrogens with zero attached hydrogens (tertiary/aromatic N) is 3. The van der Waals surface area contributed by atoms with Gasteiger partial charge in [-0.05, 0) is 30.4 Å². The van der Waals surface area contributed by atoms with E-state index in [1.165, 1.54) is 11.3 Å². The van der Waals surface area contributed by atoms with E-state index >= 15 is 0 Å². The molecule has 2 heterocycles. The van der Waals surface area contributed by atoms with Gasteiger partial charge in [-0.15, -0.1) is 5.10 Å². The number of nitrogens with one attached hydrogen (secondary N) is 1. The number of para-hydroxylation sites is 1. The average molecular weight is 228 g/mol. The molecule has 2 aromatic rings. The molecule has 0 amide bonds. The van der Waals surface area contributed by atoms with E-state index in [0.717, 1.165) is 25.1 Å². The lowest BCUT2D eigenvalue weighted by Gasteiger charge is -2.25. The Balaban J connectivity index is 1.72. The minimum atomic E-state index is 0.613. The summed E-state index contributed by atoms with van der Waals surface area (Å²) in [5, 5.41) is 11.6. The number of aromatic nitrogens is 3. The van der Waals surface area contributed by atoms with Crippen LogP contribution in [0.15, 0.2) is 30.5 Å². The van der Waals surface area contributed by atoms with Crippen molar-refractivity contribution in [3.05, 3.63) is 41.7 Å². The second-order valence-corrected chi connectivity index (χ2v) is 4.70. The van der Waals surface area contributed by atoms with Crippen molar-refractivity contribution in [2.24, 2.45) is 13.0 Å². The lowest BCUT2D eigenvalue weighted by atomic mass is 9.91. The number of aryl methyl sites for hydroxylation is 1. The molecule has 0 saturated carbocycles. The third-order valence-electron chi connectivity index (χ3n) is 3.26. The molecule has 0 spiro atoms. The van der Waals surface area contributed by atoms with Gasteiger partial charge in [0.2, 0.25) is 0 Å². The van der Waals surface area contributed by atoms with Crippen molar-refractivity contribution in [2.75, 3.05) is 11.9 Å². The normalized spacial score (nSPS) is 18.5. The summed E-state index contributed by atoms with van der Waals surface area (Å²) in [5.41, 5.74) is 3.77. The van der Waals surface area contributed by atoms with Gasteiger partial charge in [0.05, 0.1) is 5.69 Å². The highest BCUT2D eigenvalue weighted by molar-refractivity contribution is 5.53. The molecule has 4 nitrogen and oxygen atoms in total. The van der Waals surface area contributed by atoms with Gasteiger partial charge in [0.15, 0.2) is 0 Å². The van der Waals surface area contributed by atoms with Crippen LogP contribution in [0, 0.1) is 5.92 Å². The molecule has 1 aromatic carbocycles. The highest BCUT2D eigenvalue weighted by Gasteiger charge is 2.18. The molecule has 1 atom stereocenters. The predicted octanol–water partition coefficient (Wildman–Crippen LogP) is 1.64. The molecule has 0 saturated heterocycles. The van der Waals surface area contributed by atoms with Gasteiger partial charge in [-0.2, -0.15) is 0 Å². The number of rotatable bonds is 2. The first-order valence-electron chi connectivity index (χ1n) is 5.98. The maximum atomic E-state index is 4.15. The van der Waals surface area contributed by atoms with E-state index in [4.69, 9.17) is 0 Å². The Labute approximate surface area is 101 Å². The van der Waals surface area contributed by atoms with Gasteiger partial charge in [0, 0.05) is 25.5 Å². The van der Waals surface area contributed by atoms with Crippen LogP contribution in [0.4, 0.5) is 5.69 Å². The number of hydrogen-bond acceptors (Lipinski definition) is 3. The van der Waals surface area contributed by atoms with E-state index in [0.29, 0.717) is 5.92 Å². The Kier molecular flexibility index (Phi) is 2.55. The van der Waals surface area contributed by atoms with Gasteiger partial charge in [0.25, 0.3) is 0 Å². The monoisotopic (exact) mass is 228 g/mol. The van der Waals surface area contributed by atoms with Crippen LogP contribution in [0.5, 0.6) is 0 Å². The smallest absolute Gasteiger partial charge is 0.0830 e. The van der Waals surface area contributed by atoms with E-state index in [1.807, 2.05) is 13.2 Å². The molecule has 1 N–H and O–H groups in total. The molecule has 3 rings (SSSR count). The van der Waals surface area contributed by atoms with Gasteiger partial charge in [-0.3, -0.25) is 4.68 Å². The molecule has 1 unspecified atom stereocenters. The summed E-state index contributed by atoms with van der Waals surface area (Å²) in [7, 11) is 1.91. The highest BCUT2D eigenvalue weighted by atomic mass is 15.4. The van der Waals surface area contributed by atoms with Crippen LogP contribution in [-0.4, -0.2) is 21.5 Å². The Morgan fingerprint density at radius 1 is 1.41 bits per heavy atom. The summed E-state index contributed by atoms with van der Waals surface area (Å²) in [6.07, 6.45) is 4.12. The van der Waals surface area contributed by atoms with Crippen LogP contribution in [0.3, 0.4) is 0 Å². The fourth-order valence-electron chi connectivity index (χ4n) is 2.44. The first-order valence-corrected chi connectivity index (χ1v) is 5.98.